The normalized spacial score (nSPS) is 10.7. The van der Waals surface area contributed by atoms with Gasteiger partial charge in [0.15, 0.2) is 5.82 Å². The number of benzene rings is 1. The Morgan fingerprint density at radius 3 is 2.65 bits per heavy atom. The van der Waals surface area contributed by atoms with E-state index in [9.17, 15) is 0 Å². The molecular formula is C13H18N4. The number of nitrogens with two attached hydrogens (primary N) is 1. The van der Waals surface area contributed by atoms with Gasteiger partial charge in [0.05, 0.1) is 0 Å². The molecule has 0 atom stereocenters. The molecule has 0 amide bonds. The number of aryl methyl sites for hydroxylation is 2. The van der Waals surface area contributed by atoms with Crippen molar-refractivity contribution in [2.24, 2.45) is 5.73 Å². The van der Waals surface area contributed by atoms with E-state index < -0.39 is 0 Å². The first kappa shape index (κ1) is 11.8. The minimum atomic E-state index is 0.735. The number of hydrogen-bond acceptors (Lipinski definition) is 3. The van der Waals surface area contributed by atoms with Crippen LogP contribution in [0.1, 0.15) is 18.7 Å². The van der Waals surface area contributed by atoms with E-state index >= 15 is 0 Å². The zero-order chi connectivity index (χ0) is 12.1. The van der Waals surface area contributed by atoms with Crippen molar-refractivity contribution in [2.45, 2.75) is 26.3 Å². The first-order chi connectivity index (χ1) is 8.31. The third-order valence-corrected chi connectivity index (χ3v) is 2.71. The predicted octanol–water partition coefficient (Wildman–Crippen LogP) is 1.99. The molecule has 90 valence electrons. The number of unbranched alkanes of at least 4 members (excludes halogenated alkanes) is 1. The largest absolute Gasteiger partial charge is 0.330 e. The fourth-order valence-corrected chi connectivity index (χ4v) is 1.75. The zero-order valence-electron chi connectivity index (χ0n) is 10.1. The van der Waals surface area contributed by atoms with Gasteiger partial charge in [0.1, 0.15) is 5.82 Å². The maximum atomic E-state index is 5.48. The second-order valence-corrected chi connectivity index (χ2v) is 4.07. The molecule has 1 aromatic carbocycles. The van der Waals surface area contributed by atoms with Gasteiger partial charge in [-0.1, -0.05) is 30.3 Å². The van der Waals surface area contributed by atoms with Gasteiger partial charge in [0.25, 0.3) is 0 Å². The highest BCUT2D eigenvalue weighted by Gasteiger charge is 2.07. The minimum absolute atomic E-state index is 0.735. The summed E-state index contributed by atoms with van der Waals surface area (Å²) in [6, 6.07) is 10.0. The van der Waals surface area contributed by atoms with Crippen LogP contribution >= 0.6 is 0 Å². The van der Waals surface area contributed by atoms with Crippen LogP contribution in [0.5, 0.6) is 0 Å². The molecule has 0 saturated carbocycles. The molecule has 0 aliphatic heterocycles. The van der Waals surface area contributed by atoms with Crippen LogP contribution in [0.4, 0.5) is 0 Å². The Bertz CT molecular complexity index is 462. The second-order valence-electron chi connectivity index (χ2n) is 4.07. The van der Waals surface area contributed by atoms with E-state index in [1.807, 2.05) is 41.9 Å². The number of aromatic nitrogens is 3. The summed E-state index contributed by atoms with van der Waals surface area (Å²) in [7, 11) is 0. The first-order valence-electron chi connectivity index (χ1n) is 5.98. The van der Waals surface area contributed by atoms with Gasteiger partial charge in [-0.05, 0) is 26.3 Å². The summed E-state index contributed by atoms with van der Waals surface area (Å²) < 4.78 is 1.96. The van der Waals surface area contributed by atoms with Gasteiger partial charge in [0.2, 0.25) is 0 Å². The molecule has 2 aromatic rings. The highest BCUT2D eigenvalue weighted by Crippen LogP contribution is 2.14. The maximum Gasteiger partial charge on any atom is 0.181 e. The standard InChI is InChI=1S/C13H18N4/c1-11-15-13(12-7-3-2-4-8-12)16-17(11)10-6-5-9-14/h2-4,7-8H,5-6,9-10,14H2,1H3. The van der Waals surface area contributed by atoms with Crippen LogP contribution in [0.15, 0.2) is 30.3 Å². The molecule has 4 nitrogen and oxygen atoms in total. The minimum Gasteiger partial charge on any atom is -0.330 e. The van der Waals surface area contributed by atoms with Crippen LogP contribution in [0.3, 0.4) is 0 Å². The van der Waals surface area contributed by atoms with Crippen molar-refractivity contribution >= 4 is 0 Å². The van der Waals surface area contributed by atoms with Gasteiger partial charge in [-0.25, -0.2) is 9.67 Å². The fourth-order valence-electron chi connectivity index (χ4n) is 1.75. The van der Waals surface area contributed by atoms with Crippen molar-refractivity contribution in [3.05, 3.63) is 36.2 Å². The third-order valence-electron chi connectivity index (χ3n) is 2.71. The van der Waals surface area contributed by atoms with Crippen LogP contribution in [-0.2, 0) is 6.54 Å². The lowest BCUT2D eigenvalue weighted by atomic mass is 10.2. The molecule has 2 rings (SSSR count). The Balaban J connectivity index is 2.13. The lowest BCUT2D eigenvalue weighted by Gasteiger charge is -2.00. The second kappa shape index (κ2) is 5.59. The quantitative estimate of drug-likeness (QED) is 0.799. The SMILES string of the molecule is Cc1nc(-c2ccccc2)nn1CCCCN. The Hall–Kier alpha value is -1.68. The molecule has 0 aliphatic carbocycles. The average Bonchev–Trinajstić information content (AvgIpc) is 2.73. The Morgan fingerprint density at radius 2 is 1.94 bits per heavy atom. The van der Waals surface area contributed by atoms with Gasteiger partial charge in [-0.2, -0.15) is 5.10 Å². The van der Waals surface area contributed by atoms with Crippen molar-refractivity contribution in [2.75, 3.05) is 6.54 Å². The van der Waals surface area contributed by atoms with E-state index in [2.05, 4.69) is 10.1 Å². The third kappa shape index (κ3) is 2.91. The summed E-state index contributed by atoms with van der Waals surface area (Å²) in [6.07, 6.45) is 2.08. The topological polar surface area (TPSA) is 56.7 Å². The molecule has 0 saturated heterocycles. The molecule has 0 radical (unpaired) electrons. The molecule has 0 spiro atoms. The van der Waals surface area contributed by atoms with Gasteiger partial charge in [-0.15, -0.1) is 0 Å². The van der Waals surface area contributed by atoms with Crippen LogP contribution in [0, 0.1) is 6.92 Å². The van der Waals surface area contributed by atoms with Crippen molar-refractivity contribution in [3.8, 4) is 11.4 Å². The molecule has 0 fully saturated rings. The first-order valence-corrected chi connectivity index (χ1v) is 5.98. The van der Waals surface area contributed by atoms with Crippen LogP contribution in [0.2, 0.25) is 0 Å². The molecule has 1 aromatic heterocycles. The average molecular weight is 230 g/mol. The van der Waals surface area contributed by atoms with Gasteiger partial charge in [0, 0.05) is 12.1 Å². The van der Waals surface area contributed by atoms with E-state index in [1.165, 1.54) is 0 Å². The predicted molar refractivity (Wildman–Crippen MR) is 68.5 cm³/mol. The summed E-state index contributed by atoms with van der Waals surface area (Å²) in [5.41, 5.74) is 6.54. The van der Waals surface area contributed by atoms with Crippen LogP contribution in [-0.4, -0.2) is 21.3 Å². The Morgan fingerprint density at radius 1 is 1.18 bits per heavy atom. The number of hydrogen-bond donors (Lipinski definition) is 1. The van der Waals surface area contributed by atoms with Gasteiger partial charge < -0.3 is 5.73 Å². The summed E-state index contributed by atoms with van der Waals surface area (Å²) >= 11 is 0. The van der Waals surface area contributed by atoms with Crippen LogP contribution < -0.4 is 5.73 Å². The van der Waals surface area contributed by atoms with Crippen molar-refractivity contribution < 1.29 is 0 Å². The molecule has 0 unspecified atom stereocenters. The lowest BCUT2D eigenvalue weighted by Crippen LogP contribution is -2.06. The summed E-state index contributed by atoms with van der Waals surface area (Å²) in [4.78, 5) is 4.48. The Kier molecular flexibility index (Phi) is 3.88. The van der Waals surface area contributed by atoms with Crippen molar-refractivity contribution in [1.29, 1.82) is 0 Å². The highest BCUT2D eigenvalue weighted by atomic mass is 15.3. The number of nitrogens with zero attached hydrogens (tertiary/aromatic N) is 3. The number of rotatable bonds is 5. The fraction of sp³-hybridized carbons (Fsp3) is 0.385. The lowest BCUT2D eigenvalue weighted by molar-refractivity contribution is 0.548. The zero-order valence-corrected chi connectivity index (χ0v) is 10.1. The molecule has 17 heavy (non-hydrogen) atoms. The smallest absolute Gasteiger partial charge is 0.181 e. The van der Waals surface area contributed by atoms with E-state index in [-0.39, 0.29) is 0 Å². The molecule has 2 N–H and O–H groups in total. The van der Waals surface area contributed by atoms with Gasteiger partial charge >= 0.3 is 0 Å². The van der Waals surface area contributed by atoms with E-state index in [1.54, 1.807) is 0 Å². The van der Waals surface area contributed by atoms with Crippen molar-refractivity contribution in [1.82, 2.24) is 14.8 Å². The Labute approximate surface area is 101 Å². The molecule has 4 heteroatoms. The summed E-state index contributed by atoms with van der Waals surface area (Å²) in [5, 5.41) is 4.52. The molecular weight excluding hydrogens is 212 g/mol. The molecule has 0 bridgehead atoms. The summed E-state index contributed by atoms with van der Waals surface area (Å²) in [5.74, 6) is 1.76. The van der Waals surface area contributed by atoms with E-state index in [4.69, 9.17) is 5.73 Å². The van der Waals surface area contributed by atoms with Crippen molar-refractivity contribution in [3.63, 3.8) is 0 Å². The molecule has 0 aliphatic rings. The van der Waals surface area contributed by atoms with Gasteiger partial charge in [-0.3, -0.25) is 0 Å². The summed E-state index contributed by atoms with van der Waals surface area (Å²) in [6.45, 7) is 3.62. The maximum absolute atomic E-state index is 5.48. The van der Waals surface area contributed by atoms with E-state index in [0.717, 1.165) is 43.1 Å². The monoisotopic (exact) mass is 230 g/mol. The molecule has 1 heterocycles. The highest BCUT2D eigenvalue weighted by molar-refractivity contribution is 5.53. The van der Waals surface area contributed by atoms with Crippen LogP contribution in [0.25, 0.3) is 11.4 Å². The van der Waals surface area contributed by atoms with E-state index in [0.29, 0.717) is 0 Å².